The number of anilines is 6. The van der Waals surface area contributed by atoms with Gasteiger partial charge in [0.2, 0.25) is 0 Å². The zero-order chi connectivity index (χ0) is 28.0. The summed E-state index contributed by atoms with van der Waals surface area (Å²) in [6, 6.07) is 56.3. The van der Waals surface area contributed by atoms with Crippen LogP contribution in [0.2, 0.25) is 0 Å². The molecular weight excluding hydrogens is 496 g/mol. The molecule has 6 aromatic rings. The molecule has 0 heterocycles. The SMILES string of the molecule is CCc1cccc(N(c2ccccc2)c2ccc(-c3ccc(N(c4ccccc4)c4cccc(C)c4)cc3)cc2)c1. The number of nitrogens with zero attached hydrogens (tertiary/aromatic N) is 2. The minimum atomic E-state index is 1.01. The first-order chi connectivity index (χ1) is 20.2. The van der Waals surface area contributed by atoms with Crippen LogP contribution in [0, 0.1) is 6.92 Å². The molecule has 0 amide bonds. The summed E-state index contributed by atoms with van der Waals surface area (Å²) < 4.78 is 0. The monoisotopic (exact) mass is 530 g/mol. The molecule has 200 valence electrons. The van der Waals surface area contributed by atoms with E-state index in [0.29, 0.717) is 0 Å². The van der Waals surface area contributed by atoms with Crippen LogP contribution in [0.15, 0.2) is 158 Å². The molecule has 0 radical (unpaired) electrons. The summed E-state index contributed by atoms with van der Waals surface area (Å²) in [4.78, 5) is 4.63. The topological polar surface area (TPSA) is 6.48 Å². The van der Waals surface area contributed by atoms with Gasteiger partial charge in [0.1, 0.15) is 0 Å². The Labute approximate surface area is 243 Å². The Balaban J connectivity index is 1.32. The molecule has 0 spiro atoms. The van der Waals surface area contributed by atoms with Crippen molar-refractivity contribution in [3.8, 4) is 11.1 Å². The maximum atomic E-state index is 2.33. The van der Waals surface area contributed by atoms with E-state index in [2.05, 4.69) is 181 Å². The van der Waals surface area contributed by atoms with E-state index < -0.39 is 0 Å². The molecule has 41 heavy (non-hydrogen) atoms. The molecule has 2 nitrogen and oxygen atoms in total. The Bertz CT molecular complexity index is 1710. The molecule has 0 aliphatic carbocycles. The van der Waals surface area contributed by atoms with Gasteiger partial charge in [-0.25, -0.2) is 0 Å². The fourth-order valence-electron chi connectivity index (χ4n) is 5.34. The van der Waals surface area contributed by atoms with Gasteiger partial charge in [-0.2, -0.15) is 0 Å². The minimum Gasteiger partial charge on any atom is -0.310 e. The van der Waals surface area contributed by atoms with Crippen LogP contribution in [0.4, 0.5) is 34.1 Å². The van der Waals surface area contributed by atoms with Gasteiger partial charge in [0.05, 0.1) is 0 Å². The molecule has 0 saturated heterocycles. The number of aryl methyl sites for hydroxylation is 2. The highest BCUT2D eigenvalue weighted by Gasteiger charge is 2.14. The molecule has 6 aromatic carbocycles. The predicted molar refractivity (Wildman–Crippen MR) is 175 cm³/mol. The van der Waals surface area contributed by atoms with Crippen LogP contribution < -0.4 is 9.80 Å². The largest absolute Gasteiger partial charge is 0.310 e. The van der Waals surface area contributed by atoms with Gasteiger partial charge in [-0.1, -0.05) is 91.9 Å². The summed E-state index contributed by atoms with van der Waals surface area (Å²) in [5.74, 6) is 0. The van der Waals surface area contributed by atoms with Crippen LogP contribution in [0.3, 0.4) is 0 Å². The molecule has 0 aliphatic heterocycles. The van der Waals surface area contributed by atoms with E-state index in [1.165, 1.54) is 27.9 Å². The van der Waals surface area contributed by atoms with E-state index in [1.807, 2.05) is 0 Å². The van der Waals surface area contributed by atoms with E-state index in [1.54, 1.807) is 0 Å². The second kappa shape index (κ2) is 12.0. The highest BCUT2D eigenvalue weighted by molar-refractivity contribution is 5.80. The Morgan fingerprint density at radius 3 is 1.27 bits per heavy atom. The first-order valence-corrected chi connectivity index (χ1v) is 14.3. The number of hydrogen-bond acceptors (Lipinski definition) is 2. The number of rotatable bonds is 8. The third-order valence-electron chi connectivity index (χ3n) is 7.45. The summed E-state index contributed by atoms with van der Waals surface area (Å²) in [6.45, 7) is 4.34. The van der Waals surface area contributed by atoms with Crippen molar-refractivity contribution in [2.75, 3.05) is 9.80 Å². The number of benzene rings is 6. The van der Waals surface area contributed by atoms with Crippen molar-refractivity contribution in [3.63, 3.8) is 0 Å². The second-order valence-electron chi connectivity index (χ2n) is 10.3. The molecule has 2 heteroatoms. The third kappa shape index (κ3) is 5.78. The average molecular weight is 531 g/mol. The fourth-order valence-corrected chi connectivity index (χ4v) is 5.34. The first-order valence-electron chi connectivity index (χ1n) is 14.3. The molecule has 0 aromatic heterocycles. The lowest BCUT2D eigenvalue weighted by Gasteiger charge is -2.26. The van der Waals surface area contributed by atoms with Gasteiger partial charge >= 0.3 is 0 Å². The van der Waals surface area contributed by atoms with E-state index in [4.69, 9.17) is 0 Å². The Morgan fingerprint density at radius 1 is 0.390 bits per heavy atom. The Kier molecular flexibility index (Phi) is 7.64. The van der Waals surface area contributed by atoms with Crippen molar-refractivity contribution >= 4 is 34.1 Å². The minimum absolute atomic E-state index is 1.01. The zero-order valence-corrected chi connectivity index (χ0v) is 23.6. The van der Waals surface area contributed by atoms with Gasteiger partial charge in [-0.15, -0.1) is 0 Å². The van der Waals surface area contributed by atoms with Crippen LogP contribution in [0.5, 0.6) is 0 Å². The maximum Gasteiger partial charge on any atom is 0.0464 e. The van der Waals surface area contributed by atoms with Gasteiger partial charge in [-0.05, 0) is 108 Å². The maximum absolute atomic E-state index is 2.33. The van der Waals surface area contributed by atoms with Crippen LogP contribution in [-0.4, -0.2) is 0 Å². The lowest BCUT2D eigenvalue weighted by atomic mass is 10.0. The fraction of sp³-hybridized carbons (Fsp3) is 0.0769. The molecule has 0 fully saturated rings. The van der Waals surface area contributed by atoms with Crippen molar-refractivity contribution in [2.24, 2.45) is 0 Å². The Morgan fingerprint density at radius 2 is 0.805 bits per heavy atom. The summed E-state index contributed by atoms with van der Waals surface area (Å²) in [5.41, 5.74) is 11.8. The Hall–Kier alpha value is -5.08. The quantitative estimate of drug-likeness (QED) is 0.193. The molecule has 0 bridgehead atoms. The van der Waals surface area contributed by atoms with Crippen molar-refractivity contribution < 1.29 is 0 Å². The number of para-hydroxylation sites is 2. The van der Waals surface area contributed by atoms with Crippen LogP contribution in [0.25, 0.3) is 11.1 Å². The van der Waals surface area contributed by atoms with Crippen molar-refractivity contribution in [1.29, 1.82) is 0 Å². The summed E-state index contributed by atoms with van der Waals surface area (Å²) in [5, 5.41) is 0. The number of hydrogen-bond donors (Lipinski definition) is 0. The second-order valence-corrected chi connectivity index (χ2v) is 10.3. The smallest absolute Gasteiger partial charge is 0.0464 e. The van der Waals surface area contributed by atoms with Crippen LogP contribution >= 0.6 is 0 Å². The van der Waals surface area contributed by atoms with E-state index in [-0.39, 0.29) is 0 Å². The third-order valence-corrected chi connectivity index (χ3v) is 7.45. The standard InChI is InChI=1S/C39H34N2/c1-3-31-13-11-19-39(29-31)41(35-16-8-5-9-17-35)37-26-22-33(23-27-37)32-20-24-36(25-21-32)40(34-14-6-4-7-15-34)38-18-10-12-30(2)28-38/h4-29H,3H2,1-2H3. The molecule has 6 rings (SSSR count). The average Bonchev–Trinajstić information content (AvgIpc) is 3.03. The first kappa shape index (κ1) is 26.2. The molecule has 0 unspecified atom stereocenters. The lowest BCUT2D eigenvalue weighted by molar-refractivity contribution is 1.13. The molecule has 0 atom stereocenters. The van der Waals surface area contributed by atoms with Gasteiger partial charge in [-0.3, -0.25) is 0 Å². The van der Waals surface area contributed by atoms with Crippen molar-refractivity contribution in [2.45, 2.75) is 20.3 Å². The van der Waals surface area contributed by atoms with E-state index in [9.17, 15) is 0 Å². The summed E-state index contributed by atoms with van der Waals surface area (Å²) >= 11 is 0. The summed E-state index contributed by atoms with van der Waals surface area (Å²) in [6.07, 6.45) is 1.01. The van der Waals surface area contributed by atoms with E-state index >= 15 is 0 Å². The highest BCUT2D eigenvalue weighted by Crippen LogP contribution is 2.38. The van der Waals surface area contributed by atoms with Crippen LogP contribution in [-0.2, 0) is 6.42 Å². The van der Waals surface area contributed by atoms with Crippen LogP contribution in [0.1, 0.15) is 18.1 Å². The van der Waals surface area contributed by atoms with Gasteiger partial charge < -0.3 is 9.80 Å². The van der Waals surface area contributed by atoms with Gasteiger partial charge in [0, 0.05) is 34.1 Å². The predicted octanol–water partition coefficient (Wildman–Crippen LogP) is 11.2. The lowest BCUT2D eigenvalue weighted by Crippen LogP contribution is -2.10. The van der Waals surface area contributed by atoms with Gasteiger partial charge in [0.25, 0.3) is 0 Å². The zero-order valence-electron chi connectivity index (χ0n) is 23.6. The molecular formula is C39H34N2. The van der Waals surface area contributed by atoms with Gasteiger partial charge in [0.15, 0.2) is 0 Å². The van der Waals surface area contributed by atoms with Crippen molar-refractivity contribution in [1.82, 2.24) is 0 Å². The van der Waals surface area contributed by atoms with Crippen molar-refractivity contribution in [3.05, 3.63) is 169 Å². The van der Waals surface area contributed by atoms with E-state index in [0.717, 1.165) is 34.9 Å². The molecule has 0 aliphatic rings. The molecule has 0 N–H and O–H groups in total. The highest BCUT2D eigenvalue weighted by atomic mass is 15.1. The molecule has 0 saturated carbocycles. The summed E-state index contributed by atoms with van der Waals surface area (Å²) in [7, 11) is 0. The normalized spacial score (nSPS) is 10.8.